The van der Waals surface area contributed by atoms with Gasteiger partial charge in [0.2, 0.25) is 0 Å². The number of nitro benzene ring substituents is 1. The van der Waals surface area contributed by atoms with Crippen LogP contribution in [0.25, 0.3) is 5.76 Å². The molecule has 178 valence electrons. The summed E-state index contributed by atoms with van der Waals surface area (Å²) in [5.41, 5.74) is 0.483. The summed E-state index contributed by atoms with van der Waals surface area (Å²) in [7, 11) is 1.49. The fourth-order valence-electron chi connectivity index (χ4n) is 3.88. The number of nitrogens with zero attached hydrogens (tertiary/aromatic N) is 2. The molecule has 10 heteroatoms. The Morgan fingerprint density at radius 2 is 1.68 bits per heavy atom. The number of carboxylic acid groups (broad SMARTS) is 1. The number of hydrogen-bond acceptors (Lipinski definition) is 7. The maximum Gasteiger partial charge on any atom is 0.303 e. The van der Waals surface area contributed by atoms with Gasteiger partial charge in [0.1, 0.15) is 11.5 Å². The van der Waals surface area contributed by atoms with Gasteiger partial charge in [0.05, 0.1) is 23.6 Å². The van der Waals surface area contributed by atoms with Crippen molar-refractivity contribution < 1.29 is 34.3 Å². The third-order valence-electron chi connectivity index (χ3n) is 5.61. The minimum atomic E-state index is -0.942. The fraction of sp³-hybridized carbons (Fsp3) is 0.292. The van der Waals surface area contributed by atoms with Gasteiger partial charge in [-0.1, -0.05) is 6.42 Å². The lowest BCUT2D eigenvalue weighted by atomic mass is 9.95. The summed E-state index contributed by atoms with van der Waals surface area (Å²) in [6.45, 7) is 0.158. The van der Waals surface area contributed by atoms with Crippen LogP contribution in [-0.4, -0.2) is 51.4 Å². The molecule has 34 heavy (non-hydrogen) atoms. The molecule has 0 bridgehead atoms. The van der Waals surface area contributed by atoms with Gasteiger partial charge >= 0.3 is 5.97 Å². The number of benzene rings is 2. The lowest BCUT2D eigenvalue weighted by Gasteiger charge is -2.25. The highest BCUT2D eigenvalue weighted by Crippen LogP contribution is 2.40. The van der Waals surface area contributed by atoms with E-state index in [4.69, 9.17) is 9.84 Å². The second-order valence-corrected chi connectivity index (χ2v) is 7.77. The third kappa shape index (κ3) is 5.22. The Kier molecular flexibility index (Phi) is 7.62. The Bertz CT molecular complexity index is 1120. The van der Waals surface area contributed by atoms with Crippen molar-refractivity contribution in [1.29, 1.82) is 0 Å². The van der Waals surface area contributed by atoms with Gasteiger partial charge in [-0.15, -0.1) is 0 Å². The van der Waals surface area contributed by atoms with Crippen molar-refractivity contribution in [2.45, 2.75) is 31.7 Å². The summed E-state index contributed by atoms with van der Waals surface area (Å²) in [4.78, 5) is 48.4. The first-order chi connectivity index (χ1) is 16.2. The number of likely N-dealkylation sites (tertiary alicyclic amines) is 1. The van der Waals surface area contributed by atoms with Crippen LogP contribution in [0.4, 0.5) is 5.69 Å². The van der Waals surface area contributed by atoms with Crippen LogP contribution in [0.3, 0.4) is 0 Å². The molecule has 3 rings (SSSR count). The molecule has 1 amide bonds. The lowest BCUT2D eigenvalue weighted by molar-refractivity contribution is -0.384. The van der Waals surface area contributed by atoms with Crippen molar-refractivity contribution in [3.63, 3.8) is 0 Å². The number of amides is 1. The number of aliphatic hydroxyl groups is 1. The molecule has 1 atom stereocenters. The maximum absolute atomic E-state index is 13.0. The van der Waals surface area contributed by atoms with Gasteiger partial charge in [0, 0.05) is 30.7 Å². The highest BCUT2D eigenvalue weighted by Gasteiger charge is 2.45. The molecular weight excluding hydrogens is 444 g/mol. The number of aliphatic hydroxyl groups excluding tert-OH is 1. The first-order valence-electron chi connectivity index (χ1n) is 10.6. The molecule has 1 saturated heterocycles. The molecule has 2 aromatic rings. The summed E-state index contributed by atoms with van der Waals surface area (Å²) >= 11 is 0. The summed E-state index contributed by atoms with van der Waals surface area (Å²) in [6.07, 6.45) is 1.41. The predicted octanol–water partition coefficient (Wildman–Crippen LogP) is 3.67. The number of rotatable bonds is 10. The summed E-state index contributed by atoms with van der Waals surface area (Å²) in [6, 6.07) is 10.8. The average molecular weight is 468 g/mol. The van der Waals surface area contributed by atoms with E-state index >= 15 is 0 Å². The fourth-order valence-corrected chi connectivity index (χ4v) is 3.88. The van der Waals surface area contributed by atoms with Crippen molar-refractivity contribution >= 4 is 29.1 Å². The van der Waals surface area contributed by atoms with Crippen molar-refractivity contribution in [3.8, 4) is 5.75 Å². The van der Waals surface area contributed by atoms with Crippen LogP contribution >= 0.6 is 0 Å². The monoisotopic (exact) mass is 468 g/mol. The molecule has 1 aliphatic heterocycles. The van der Waals surface area contributed by atoms with E-state index in [0.29, 0.717) is 36.1 Å². The normalized spacial score (nSPS) is 17.1. The van der Waals surface area contributed by atoms with E-state index in [1.807, 2.05) is 0 Å². The molecule has 1 aliphatic rings. The predicted molar refractivity (Wildman–Crippen MR) is 121 cm³/mol. The highest BCUT2D eigenvalue weighted by atomic mass is 16.6. The minimum absolute atomic E-state index is 0.00205. The minimum Gasteiger partial charge on any atom is -0.507 e. The van der Waals surface area contributed by atoms with Crippen LogP contribution in [-0.2, 0) is 14.4 Å². The van der Waals surface area contributed by atoms with E-state index < -0.39 is 28.6 Å². The van der Waals surface area contributed by atoms with Gasteiger partial charge in [-0.05, 0) is 54.8 Å². The summed E-state index contributed by atoms with van der Waals surface area (Å²) in [5.74, 6) is -2.38. The zero-order valence-corrected chi connectivity index (χ0v) is 18.5. The van der Waals surface area contributed by atoms with E-state index in [0.717, 1.165) is 0 Å². The second-order valence-electron chi connectivity index (χ2n) is 7.77. The lowest BCUT2D eigenvalue weighted by Crippen LogP contribution is -2.30. The van der Waals surface area contributed by atoms with Crippen molar-refractivity contribution in [1.82, 2.24) is 4.90 Å². The van der Waals surface area contributed by atoms with E-state index in [1.54, 1.807) is 24.3 Å². The SMILES string of the molecule is COc1ccc(C(O)=C2C(=O)C(=O)N(CCCCCC(=O)O)[C@@H]2c2ccc([N+](=O)[O-])cc2)cc1. The third-order valence-corrected chi connectivity index (χ3v) is 5.61. The molecule has 1 fully saturated rings. The Morgan fingerprint density at radius 3 is 2.24 bits per heavy atom. The Balaban J connectivity index is 1.99. The second kappa shape index (κ2) is 10.6. The molecule has 0 spiro atoms. The number of unbranched alkanes of at least 4 members (excludes halogenated alkanes) is 2. The zero-order chi connectivity index (χ0) is 24.8. The first kappa shape index (κ1) is 24.4. The number of ether oxygens (including phenoxy) is 1. The smallest absolute Gasteiger partial charge is 0.303 e. The van der Waals surface area contributed by atoms with Crippen LogP contribution in [0.2, 0.25) is 0 Å². The quantitative estimate of drug-likeness (QED) is 0.134. The van der Waals surface area contributed by atoms with Gasteiger partial charge in [-0.25, -0.2) is 0 Å². The molecule has 0 unspecified atom stereocenters. The summed E-state index contributed by atoms with van der Waals surface area (Å²) in [5, 5.41) is 30.8. The summed E-state index contributed by atoms with van der Waals surface area (Å²) < 4.78 is 5.11. The van der Waals surface area contributed by atoms with E-state index in [-0.39, 0.29) is 30.0 Å². The average Bonchev–Trinajstić information content (AvgIpc) is 3.08. The number of nitro groups is 1. The molecule has 1 heterocycles. The van der Waals surface area contributed by atoms with Gasteiger partial charge in [-0.2, -0.15) is 0 Å². The number of Topliss-reactive ketones (excluding diaryl/α,β-unsaturated/α-hetero) is 1. The van der Waals surface area contributed by atoms with Crippen LogP contribution in [0.5, 0.6) is 5.75 Å². The van der Waals surface area contributed by atoms with Crippen molar-refractivity contribution in [2.75, 3.05) is 13.7 Å². The standard InChI is InChI=1S/C24H24N2O8/c1-34-18-12-8-16(9-13-18)22(29)20-21(15-6-10-17(11-7-15)26(32)33)25(24(31)23(20)30)14-4-2-3-5-19(27)28/h6-13,21,29H,2-5,14H2,1H3,(H,27,28)/t21-/m1/s1. The number of hydrogen-bond donors (Lipinski definition) is 2. The van der Waals surface area contributed by atoms with E-state index in [1.165, 1.54) is 36.3 Å². The highest BCUT2D eigenvalue weighted by molar-refractivity contribution is 6.46. The van der Waals surface area contributed by atoms with E-state index in [2.05, 4.69) is 0 Å². The first-order valence-corrected chi connectivity index (χ1v) is 10.6. The van der Waals surface area contributed by atoms with Crippen LogP contribution in [0.15, 0.2) is 54.1 Å². The zero-order valence-electron chi connectivity index (χ0n) is 18.5. The Morgan fingerprint density at radius 1 is 1.03 bits per heavy atom. The molecule has 2 aromatic carbocycles. The molecule has 0 aliphatic carbocycles. The topological polar surface area (TPSA) is 147 Å². The molecule has 10 nitrogen and oxygen atoms in total. The molecule has 0 aromatic heterocycles. The van der Waals surface area contributed by atoms with Crippen LogP contribution in [0.1, 0.15) is 42.9 Å². The molecular formula is C24H24N2O8. The number of carboxylic acids is 1. The van der Waals surface area contributed by atoms with Gasteiger partial charge in [0.15, 0.2) is 0 Å². The van der Waals surface area contributed by atoms with Crippen LogP contribution < -0.4 is 4.74 Å². The van der Waals surface area contributed by atoms with Crippen LogP contribution in [0, 0.1) is 10.1 Å². The molecule has 0 saturated carbocycles. The van der Waals surface area contributed by atoms with E-state index in [9.17, 15) is 29.6 Å². The number of aliphatic carboxylic acids is 1. The number of carbonyl (C=O) groups is 3. The number of ketones is 1. The van der Waals surface area contributed by atoms with Gasteiger partial charge < -0.3 is 19.8 Å². The van der Waals surface area contributed by atoms with Crippen molar-refractivity contribution in [2.24, 2.45) is 0 Å². The van der Waals surface area contributed by atoms with Crippen molar-refractivity contribution in [3.05, 3.63) is 75.3 Å². The number of non-ortho nitro benzene ring substituents is 1. The van der Waals surface area contributed by atoms with Gasteiger partial charge in [0.25, 0.3) is 17.4 Å². The van der Waals surface area contributed by atoms with Gasteiger partial charge in [-0.3, -0.25) is 24.5 Å². The number of methoxy groups -OCH3 is 1. The molecule has 0 radical (unpaired) electrons. The molecule has 2 N–H and O–H groups in total. The maximum atomic E-state index is 13.0. The number of carbonyl (C=O) groups excluding carboxylic acids is 2. The largest absolute Gasteiger partial charge is 0.507 e. The Labute approximate surface area is 195 Å². The Hall–Kier alpha value is -4.21.